The number of ether oxygens (including phenoxy) is 1. The summed E-state index contributed by atoms with van der Waals surface area (Å²) < 4.78 is 5.74. The second-order valence-corrected chi connectivity index (χ2v) is 4.72. The number of para-hydroxylation sites is 1. The average Bonchev–Trinajstić information content (AvgIpc) is 2.54. The quantitative estimate of drug-likeness (QED) is 0.747. The maximum Gasteiger partial charge on any atom is 0.142 e. The Hall–Kier alpha value is -1.02. The van der Waals surface area contributed by atoms with E-state index in [0.29, 0.717) is 0 Å². The lowest BCUT2D eigenvalue weighted by molar-refractivity contribution is 0.148. The van der Waals surface area contributed by atoms with Gasteiger partial charge in [0.25, 0.3) is 0 Å². The smallest absolute Gasteiger partial charge is 0.142 e. The van der Waals surface area contributed by atoms with Crippen LogP contribution in [0.1, 0.15) is 12.8 Å². The van der Waals surface area contributed by atoms with E-state index < -0.39 is 0 Å². The van der Waals surface area contributed by atoms with Crippen LogP contribution < -0.4 is 4.74 Å². The first-order chi connectivity index (χ1) is 7.42. The van der Waals surface area contributed by atoms with Crippen molar-refractivity contribution in [1.29, 1.82) is 0 Å². The van der Waals surface area contributed by atoms with Gasteiger partial charge in [0, 0.05) is 13.1 Å². The van der Waals surface area contributed by atoms with Crippen molar-refractivity contribution in [3.05, 3.63) is 30.3 Å². The van der Waals surface area contributed by atoms with Gasteiger partial charge in [0.2, 0.25) is 0 Å². The molecule has 1 heterocycles. The molecule has 15 heavy (non-hydrogen) atoms. The highest BCUT2D eigenvalue weighted by atomic mass is 16.5. The molecule has 0 amide bonds. The summed E-state index contributed by atoms with van der Waals surface area (Å²) in [7, 11) is 0. The van der Waals surface area contributed by atoms with Gasteiger partial charge in [-0.25, -0.2) is 0 Å². The highest BCUT2D eigenvalue weighted by molar-refractivity contribution is 5.20. The second kappa shape index (κ2) is 3.86. The Balaban J connectivity index is 1.50. The highest BCUT2D eigenvalue weighted by Gasteiger charge is 2.39. The molecule has 1 aliphatic heterocycles. The predicted octanol–water partition coefficient (Wildman–Crippen LogP) is 2.36. The Morgan fingerprint density at radius 2 is 1.73 bits per heavy atom. The van der Waals surface area contributed by atoms with Crippen LogP contribution in [-0.4, -0.2) is 24.7 Å². The molecule has 1 aromatic carbocycles. The Kier molecular flexibility index (Phi) is 2.37. The van der Waals surface area contributed by atoms with Crippen LogP contribution >= 0.6 is 0 Å². The van der Waals surface area contributed by atoms with Gasteiger partial charge >= 0.3 is 0 Å². The molecule has 3 rings (SSSR count). The van der Waals surface area contributed by atoms with Crippen molar-refractivity contribution >= 4 is 0 Å². The topological polar surface area (TPSA) is 12.5 Å². The molecule has 0 bridgehead atoms. The van der Waals surface area contributed by atoms with Crippen molar-refractivity contribution in [2.45, 2.75) is 12.8 Å². The number of fused-ring (bicyclic) bond motifs is 1. The molecule has 2 heteroatoms. The minimum atomic E-state index is 0.761. The fourth-order valence-electron chi connectivity index (χ4n) is 2.64. The van der Waals surface area contributed by atoms with Gasteiger partial charge < -0.3 is 4.74 Å². The Morgan fingerprint density at radius 3 is 2.33 bits per heavy atom. The molecule has 0 N–H and O–H groups in total. The van der Waals surface area contributed by atoms with Gasteiger partial charge in [-0.3, -0.25) is 4.90 Å². The molecule has 2 nitrogen and oxygen atoms in total. The number of likely N-dealkylation sites (tertiary alicyclic amines) is 1. The van der Waals surface area contributed by atoms with Gasteiger partial charge in [-0.05, 0) is 36.8 Å². The van der Waals surface area contributed by atoms with E-state index in [1.165, 1.54) is 25.9 Å². The summed E-state index contributed by atoms with van der Waals surface area (Å²) in [6.45, 7) is 3.26. The van der Waals surface area contributed by atoms with Crippen LogP contribution in [-0.2, 0) is 0 Å². The van der Waals surface area contributed by atoms with Crippen LogP contribution in [0.3, 0.4) is 0 Å². The standard InChI is InChI=1S/C13H17NO/c1-2-4-13(5-3-1)15-10-14-8-11-6-7-12(11)9-14/h1-5,11-12H,6-10H2. The van der Waals surface area contributed by atoms with Crippen molar-refractivity contribution < 1.29 is 4.74 Å². The first-order valence-electron chi connectivity index (χ1n) is 5.82. The van der Waals surface area contributed by atoms with Gasteiger partial charge in [0.05, 0.1) is 0 Å². The lowest BCUT2D eigenvalue weighted by Crippen LogP contribution is -2.25. The van der Waals surface area contributed by atoms with E-state index in [4.69, 9.17) is 4.74 Å². The number of nitrogens with zero attached hydrogens (tertiary/aromatic N) is 1. The zero-order valence-electron chi connectivity index (χ0n) is 8.93. The van der Waals surface area contributed by atoms with Crippen LogP contribution in [0.2, 0.25) is 0 Å². The van der Waals surface area contributed by atoms with E-state index in [2.05, 4.69) is 4.90 Å². The summed E-state index contributed by atoms with van der Waals surface area (Å²) in [6, 6.07) is 10.1. The molecule has 2 aliphatic rings. The van der Waals surface area contributed by atoms with E-state index in [1.807, 2.05) is 30.3 Å². The lowest BCUT2D eigenvalue weighted by atomic mass is 9.77. The van der Waals surface area contributed by atoms with Crippen LogP contribution in [0.4, 0.5) is 0 Å². The third kappa shape index (κ3) is 1.86. The van der Waals surface area contributed by atoms with E-state index in [0.717, 1.165) is 24.3 Å². The lowest BCUT2D eigenvalue weighted by Gasteiger charge is -2.28. The summed E-state index contributed by atoms with van der Waals surface area (Å²) in [5.74, 6) is 2.94. The van der Waals surface area contributed by atoms with Gasteiger partial charge in [-0.15, -0.1) is 0 Å². The van der Waals surface area contributed by atoms with Crippen molar-refractivity contribution in [2.24, 2.45) is 11.8 Å². The molecular weight excluding hydrogens is 186 g/mol. The Morgan fingerprint density at radius 1 is 1.07 bits per heavy atom. The van der Waals surface area contributed by atoms with Crippen LogP contribution in [0.5, 0.6) is 5.75 Å². The largest absolute Gasteiger partial charge is 0.478 e. The zero-order valence-corrected chi connectivity index (χ0v) is 8.93. The minimum absolute atomic E-state index is 0.761. The third-order valence-electron chi connectivity index (χ3n) is 3.72. The van der Waals surface area contributed by atoms with Crippen molar-refractivity contribution in [2.75, 3.05) is 19.8 Å². The van der Waals surface area contributed by atoms with Crippen molar-refractivity contribution in [3.8, 4) is 5.75 Å². The maximum absolute atomic E-state index is 5.74. The number of hydrogen-bond donors (Lipinski definition) is 0. The molecule has 2 unspecified atom stereocenters. The van der Waals surface area contributed by atoms with Gasteiger partial charge in [0.15, 0.2) is 0 Å². The average molecular weight is 203 g/mol. The Labute approximate surface area is 90.8 Å². The SMILES string of the molecule is c1ccc(OCN2CC3CCC3C2)cc1. The molecule has 2 atom stereocenters. The first kappa shape index (κ1) is 9.22. The maximum atomic E-state index is 5.74. The second-order valence-electron chi connectivity index (χ2n) is 4.72. The first-order valence-corrected chi connectivity index (χ1v) is 5.82. The summed E-state index contributed by atoms with van der Waals surface area (Å²) >= 11 is 0. The Bertz CT molecular complexity index is 313. The molecule has 2 fully saturated rings. The van der Waals surface area contributed by atoms with Crippen LogP contribution in [0.15, 0.2) is 30.3 Å². The number of hydrogen-bond acceptors (Lipinski definition) is 2. The molecule has 1 aliphatic carbocycles. The fourth-order valence-corrected chi connectivity index (χ4v) is 2.64. The monoisotopic (exact) mass is 203 g/mol. The van der Waals surface area contributed by atoms with Gasteiger partial charge in [-0.1, -0.05) is 18.2 Å². The molecule has 0 radical (unpaired) electrons. The van der Waals surface area contributed by atoms with Crippen LogP contribution in [0.25, 0.3) is 0 Å². The molecule has 1 saturated heterocycles. The summed E-state index contributed by atoms with van der Waals surface area (Å²) in [6.07, 6.45) is 2.87. The predicted molar refractivity (Wildman–Crippen MR) is 59.7 cm³/mol. The van der Waals surface area contributed by atoms with E-state index >= 15 is 0 Å². The van der Waals surface area contributed by atoms with Crippen molar-refractivity contribution in [3.63, 3.8) is 0 Å². The molecule has 0 spiro atoms. The summed E-state index contributed by atoms with van der Waals surface area (Å²) in [5.41, 5.74) is 0. The number of benzene rings is 1. The normalized spacial score (nSPS) is 29.6. The van der Waals surface area contributed by atoms with E-state index in [-0.39, 0.29) is 0 Å². The van der Waals surface area contributed by atoms with Gasteiger partial charge in [0.1, 0.15) is 12.5 Å². The molecule has 1 saturated carbocycles. The number of rotatable bonds is 3. The van der Waals surface area contributed by atoms with E-state index in [1.54, 1.807) is 0 Å². The van der Waals surface area contributed by atoms with Crippen LogP contribution in [0, 0.1) is 11.8 Å². The van der Waals surface area contributed by atoms with Gasteiger partial charge in [-0.2, -0.15) is 0 Å². The highest BCUT2D eigenvalue weighted by Crippen LogP contribution is 2.40. The fraction of sp³-hybridized carbons (Fsp3) is 0.538. The van der Waals surface area contributed by atoms with Crippen molar-refractivity contribution in [1.82, 2.24) is 4.90 Å². The summed E-state index contributed by atoms with van der Waals surface area (Å²) in [5, 5.41) is 0. The minimum Gasteiger partial charge on any atom is -0.478 e. The zero-order chi connectivity index (χ0) is 10.1. The molecule has 0 aromatic heterocycles. The molecular formula is C13H17NO. The van der Waals surface area contributed by atoms with E-state index in [9.17, 15) is 0 Å². The molecule has 1 aromatic rings. The summed E-state index contributed by atoms with van der Waals surface area (Å²) in [4.78, 5) is 2.44. The molecule has 80 valence electrons. The third-order valence-corrected chi connectivity index (χ3v) is 3.72.